The molecular formula is C16H26ClIN4O2S2. The molecule has 26 heavy (non-hydrogen) atoms. The van der Waals surface area contributed by atoms with Crippen molar-refractivity contribution in [2.24, 2.45) is 4.99 Å². The summed E-state index contributed by atoms with van der Waals surface area (Å²) in [5.41, 5.74) is 1.10. The van der Waals surface area contributed by atoms with Crippen LogP contribution in [0.25, 0.3) is 0 Å². The highest BCUT2D eigenvalue weighted by Crippen LogP contribution is 2.13. The van der Waals surface area contributed by atoms with Crippen LogP contribution in [0.2, 0.25) is 5.02 Å². The lowest BCUT2D eigenvalue weighted by molar-refractivity contribution is 0.442. The van der Waals surface area contributed by atoms with Gasteiger partial charge >= 0.3 is 0 Å². The third kappa shape index (κ3) is 7.41. The molecule has 0 saturated carbocycles. The van der Waals surface area contributed by atoms with E-state index in [4.69, 9.17) is 11.6 Å². The highest BCUT2D eigenvalue weighted by Gasteiger charge is 2.23. The predicted octanol–water partition coefficient (Wildman–Crippen LogP) is 2.34. The zero-order chi connectivity index (χ0) is 18.3. The second-order valence-corrected chi connectivity index (χ2v) is 9.53. The molecule has 0 spiro atoms. The summed E-state index contributed by atoms with van der Waals surface area (Å²) in [5.74, 6) is 2.49. The summed E-state index contributed by atoms with van der Waals surface area (Å²) < 4.78 is 26.3. The summed E-state index contributed by atoms with van der Waals surface area (Å²) in [6, 6.07) is 7.63. The first kappa shape index (κ1) is 23.8. The minimum absolute atomic E-state index is 0. The molecule has 0 radical (unpaired) electrons. The van der Waals surface area contributed by atoms with Gasteiger partial charge in [0.25, 0.3) is 0 Å². The Bertz CT molecular complexity index is 680. The standard InChI is InChI=1S/C16H25ClN4O2S2.HI/c1-18-16(20(2)13-14-3-5-15(17)6-4-14)19-7-12-25(22,23)21-8-10-24-11-9-21;/h3-6H,7-13H2,1-2H3,(H,18,19);1H. The van der Waals surface area contributed by atoms with Gasteiger partial charge in [-0.05, 0) is 17.7 Å². The van der Waals surface area contributed by atoms with Gasteiger partial charge in [-0.3, -0.25) is 4.99 Å². The Morgan fingerprint density at radius 2 is 1.92 bits per heavy atom. The smallest absolute Gasteiger partial charge is 0.215 e. The predicted molar refractivity (Wildman–Crippen MR) is 122 cm³/mol. The topological polar surface area (TPSA) is 65.0 Å². The van der Waals surface area contributed by atoms with E-state index in [0.717, 1.165) is 17.1 Å². The Balaban J connectivity index is 0.00000338. The molecule has 0 aliphatic carbocycles. The van der Waals surface area contributed by atoms with E-state index in [1.54, 1.807) is 23.1 Å². The van der Waals surface area contributed by atoms with Crippen LogP contribution in [0.3, 0.4) is 0 Å². The van der Waals surface area contributed by atoms with Crippen molar-refractivity contribution in [3.8, 4) is 0 Å². The van der Waals surface area contributed by atoms with Gasteiger partial charge in [0.1, 0.15) is 0 Å². The van der Waals surface area contributed by atoms with Crippen molar-refractivity contribution < 1.29 is 8.42 Å². The number of rotatable bonds is 6. The van der Waals surface area contributed by atoms with Crippen LogP contribution in [0, 0.1) is 0 Å². The minimum atomic E-state index is -3.21. The normalized spacial score (nSPS) is 16.0. The Morgan fingerprint density at radius 1 is 1.31 bits per heavy atom. The Morgan fingerprint density at radius 3 is 2.50 bits per heavy atom. The van der Waals surface area contributed by atoms with Crippen molar-refractivity contribution in [3.63, 3.8) is 0 Å². The summed E-state index contributed by atoms with van der Waals surface area (Å²) >= 11 is 7.70. The lowest BCUT2D eigenvalue weighted by atomic mass is 10.2. The number of hydrogen-bond donors (Lipinski definition) is 1. The first-order valence-electron chi connectivity index (χ1n) is 8.14. The second-order valence-electron chi connectivity index (χ2n) is 5.78. The molecule has 0 unspecified atom stereocenters. The fourth-order valence-corrected chi connectivity index (χ4v) is 5.19. The minimum Gasteiger partial charge on any atom is -0.355 e. The number of benzene rings is 1. The summed E-state index contributed by atoms with van der Waals surface area (Å²) in [7, 11) is 0.401. The first-order valence-corrected chi connectivity index (χ1v) is 11.3. The zero-order valence-corrected chi connectivity index (χ0v) is 19.7. The van der Waals surface area contributed by atoms with Gasteiger partial charge in [0.15, 0.2) is 5.96 Å². The fraction of sp³-hybridized carbons (Fsp3) is 0.562. The maximum Gasteiger partial charge on any atom is 0.215 e. The number of nitrogens with one attached hydrogen (secondary N) is 1. The molecule has 1 aliphatic heterocycles. The van der Waals surface area contributed by atoms with Gasteiger partial charge in [0, 0.05) is 56.8 Å². The lowest BCUT2D eigenvalue weighted by Gasteiger charge is -2.26. The molecule has 6 nitrogen and oxygen atoms in total. The van der Waals surface area contributed by atoms with E-state index in [2.05, 4.69) is 10.3 Å². The van der Waals surface area contributed by atoms with E-state index >= 15 is 0 Å². The monoisotopic (exact) mass is 532 g/mol. The van der Waals surface area contributed by atoms with E-state index in [0.29, 0.717) is 37.2 Å². The van der Waals surface area contributed by atoms with Gasteiger partial charge in [0.2, 0.25) is 10.0 Å². The third-order valence-electron chi connectivity index (χ3n) is 3.91. The lowest BCUT2D eigenvalue weighted by Crippen LogP contribution is -2.44. The highest BCUT2D eigenvalue weighted by molar-refractivity contribution is 14.0. The Labute approximate surface area is 182 Å². The van der Waals surface area contributed by atoms with Crippen LogP contribution in [0.4, 0.5) is 0 Å². The number of thioether (sulfide) groups is 1. The molecular weight excluding hydrogens is 507 g/mol. The molecule has 1 saturated heterocycles. The molecule has 148 valence electrons. The van der Waals surface area contributed by atoms with E-state index < -0.39 is 10.0 Å². The fourth-order valence-electron chi connectivity index (χ4n) is 2.57. The maximum atomic E-state index is 12.4. The number of aliphatic imine (C=N–C) groups is 1. The van der Waals surface area contributed by atoms with Crippen LogP contribution in [0.5, 0.6) is 0 Å². The van der Waals surface area contributed by atoms with E-state index in [1.807, 2.05) is 36.2 Å². The van der Waals surface area contributed by atoms with Crippen LogP contribution < -0.4 is 5.32 Å². The van der Waals surface area contributed by atoms with Crippen molar-refractivity contribution in [1.82, 2.24) is 14.5 Å². The molecule has 10 heteroatoms. The summed E-state index contributed by atoms with van der Waals surface area (Å²) in [6.45, 7) is 2.22. The molecule has 1 aromatic carbocycles. The molecule has 1 fully saturated rings. The largest absolute Gasteiger partial charge is 0.355 e. The van der Waals surface area contributed by atoms with Crippen LogP contribution in [0.15, 0.2) is 29.3 Å². The van der Waals surface area contributed by atoms with Crippen molar-refractivity contribution in [2.75, 3.05) is 51.0 Å². The molecule has 0 atom stereocenters. The number of halogens is 2. The van der Waals surface area contributed by atoms with Crippen molar-refractivity contribution in [2.45, 2.75) is 6.54 Å². The second kappa shape index (κ2) is 11.6. The molecule has 0 aromatic heterocycles. The number of nitrogens with zero attached hydrogens (tertiary/aromatic N) is 3. The number of sulfonamides is 1. The molecule has 0 amide bonds. The van der Waals surface area contributed by atoms with E-state index in [-0.39, 0.29) is 29.7 Å². The van der Waals surface area contributed by atoms with Gasteiger partial charge in [-0.1, -0.05) is 23.7 Å². The average Bonchev–Trinajstić information content (AvgIpc) is 2.61. The Hall–Kier alpha value is -0.230. The zero-order valence-electron chi connectivity index (χ0n) is 15.0. The number of guanidine groups is 1. The third-order valence-corrected chi connectivity index (χ3v) is 6.98. The van der Waals surface area contributed by atoms with Crippen LogP contribution in [-0.4, -0.2) is 74.6 Å². The van der Waals surface area contributed by atoms with Crippen molar-refractivity contribution in [3.05, 3.63) is 34.9 Å². The van der Waals surface area contributed by atoms with Crippen molar-refractivity contribution >= 4 is 63.3 Å². The first-order chi connectivity index (χ1) is 11.9. The highest BCUT2D eigenvalue weighted by atomic mass is 127. The van der Waals surface area contributed by atoms with Crippen LogP contribution >= 0.6 is 47.3 Å². The SMILES string of the molecule is CN=C(NCCS(=O)(=O)N1CCSCC1)N(C)Cc1ccc(Cl)cc1.I. The van der Waals surface area contributed by atoms with Gasteiger partial charge in [-0.15, -0.1) is 24.0 Å². The molecule has 1 N–H and O–H groups in total. The summed E-state index contributed by atoms with van der Waals surface area (Å²) in [5, 5.41) is 3.84. The quantitative estimate of drug-likeness (QED) is 0.346. The molecule has 1 aromatic rings. The van der Waals surface area contributed by atoms with E-state index in [9.17, 15) is 8.42 Å². The molecule has 1 aliphatic rings. The van der Waals surface area contributed by atoms with Gasteiger partial charge in [-0.25, -0.2) is 12.7 Å². The van der Waals surface area contributed by atoms with Gasteiger partial charge in [0.05, 0.1) is 5.75 Å². The van der Waals surface area contributed by atoms with Crippen LogP contribution in [-0.2, 0) is 16.6 Å². The van der Waals surface area contributed by atoms with Crippen molar-refractivity contribution in [1.29, 1.82) is 0 Å². The summed E-state index contributed by atoms with van der Waals surface area (Å²) in [4.78, 5) is 6.18. The average molecular weight is 533 g/mol. The van der Waals surface area contributed by atoms with Gasteiger partial charge in [-0.2, -0.15) is 11.8 Å². The van der Waals surface area contributed by atoms with E-state index in [1.165, 1.54) is 0 Å². The maximum absolute atomic E-state index is 12.4. The van der Waals surface area contributed by atoms with Crippen LogP contribution in [0.1, 0.15) is 5.56 Å². The molecule has 0 bridgehead atoms. The van der Waals surface area contributed by atoms with Gasteiger partial charge < -0.3 is 10.2 Å². The molecule has 1 heterocycles. The molecule has 2 rings (SSSR count). The Kier molecular flexibility index (Phi) is 10.6. The number of hydrogen-bond acceptors (Lipinski definition) is 4. The summed E-state index contributed by atoms with van der Waals surface area (Å²) in [6.07, 6.45) is 0.